The Morgan fingerprint density at radius 2 is 2.00 bits per heavy atom. The Kier molecular flexibility index (Phi) is 6.15. The second-order valence-corrected chi connectivity index (χ2v) is 7.97. The summed E-state index contributed by atoms with van der Waals surface area (Å²) in [5, 5.41) is 9.59. The number of methoxy groups -OCH3 is 2. The minimum Gasteiger partial charge on any atom is -0.493 e. The maximum Gasteiger partial charge on any atom is 0.409 e. The molecule has 0 aromatic heterocycles. The summed E-state index contributed by atoms with van der Waals surface area (Å²) in [4.78, 5) is 13.8. The van der Waals surface area contributed by atoms with Crippen LogP contribution in [0.2, 0.25) is 0 Å². The van der Waals surface area contributed by atoms with Gasteiger partial charge in [-0.25, -0.2) is 4.79 Å². The van der Waals surface area contributed by atoms with Gasteiger partial charge in [-0.3, -0.25) is 0 Å². The lowest BCUT2D eigenvalue weighted by atomic mass is 9.74. The van der Waals surface area contributed by atoms with E-state index in [9.17, 15) is 9.90 Å². The van der Waals surface area contributed by atoms with Crippen molar-refractivity contribution >= 4 is 6.09 Å². The number of carbonyl (C=O) groups is 1. The van der Waals surface area contributed by atoms with Gasteiger partial charge in [-0.1, -0.05) is 13.0 Å². The molecule has 2 unspecified atom stereocenters. The number of nitrogens with zero attached hydrogens (tertiary/aromatic N) is 1. The molecule has 0 spiro atoms. The van der Waals surface area contributed by atoms with Gasteiger partial charge in [0.2, 0.25) is 0 Å². The fraction of sp³-hybridized carbons (Fsp3) is 0.667. The molecule has 1 heterocycles. The molecule has 1 aromatic rings. The largest absolute Gasteiger partial charge is 0.493 e. The third kappa shape index (κ3) is 4.15. The van der Waals surface area contributed by atoms with Crippen LogP contribution in [0.3, 0.4) is 0 Å². The molecule has 2 fully saturated rings. The van der Waals surface area contributed by atoms with Crippen LogP contribution in [0, 0.1) is 5.41 Å². The van der Waals surface area contributed by atoms with Crippen LogP contribution >= 0.6 is 0 Å². The molecule has 1 saturated heterocycles. The summed E-state index contributed by atoms with van der Waals surface area (Å²) in [6, 6.07) is 6.04. The molecule has 6 nitrogen and oxygen atoms in total. The highest BCUT2D eigenvalue weighted by Crippen LogP contribution is 2.47. The van der Waals surface area contributed by atoms with Crippen LogP contribution in [0.25, 0.3) is 0 Å². The number of benzene rings is 1. The Bertz CT molecular complexity index is 658. The zero-order chi connectivity index (χ0) is 19.4. The van der Waals surface area contributed by atoms with Crippen molar-refractivity contribution in [1.82, 2.24) is 4.90 Å². The van der Waals surface area contributed by atoms with Gasteiger partial charge in [0.1, 0.15) is 0 Å². The highest BCUT2D eigenvalue weighted by atomic mass is 16.5. The van der Waals surface area contributed by atoms with Gasteiger partial charge in [0.25, 0.3) is 0 Å². The van der Waals surface area contributed by atoms with E-state index in [-0.39, 0.29) is 30.1 Å². The second-order valence-electron chi connectivity index (χ2n) is 7.97. The molecular weight excluding hydrogens is 346 g/mol. The standard InChI is InChI=1S/C21H31NO5/c1-21(10-11-23)14-22(20(24)26-3)13-17(21)15-8-9-18(25-2)19(12-15)27-16-6-4-5-7-16/h8-9,12,16-17,23H,4-7,10-11,13-14H2,1-3H3. The number of amides is 1. The van der Waals surface area contributed by atoms with Gasteiger partial charge in [-0.05, 0) is 55.2 Å². The topological polar surface area (TPSA) is 68.2 Å². The molecule has 27 heavy (non-hydrogen) atoms. The molecule has 1 saturated carbocycles. The number of ether oxygens (including phenoxy) is 3. The van der Waals surface area contributed by atoms with Crippen molar-refractivity contribution < 1.29 is 24.1 Å². The van der Waals surface area contributed by atoms with E-state index in [1.807, 2.05) is 12.1 Å². The summed E-state index contributed by atoms with van der Waals surface area (Å²) < 4.78 is 16.7. The Morgan fingerprint density at radius 1 is 1.26 bits per heavy atom. The molecule has 0 radical (unpaired) electrons. The van der Waals surface area contributed by atoms with Gasteiger partial charge in [0.05, 0.1) is 20.3 Å². The number of carbonyl (C=O) groups excluding carboxylic acids is 1. The quantitative estimate of drug-likeness (QED) is 0.821. The summed E-state index contributed by atoms with van der Waals surface area (Å²) in [7, 11) is 3.06. The Balaban J connectivity index is 1.89. The molecule has 2 aliphatic rings. The molecule has 2 atom stereocenters. The first-order chi connectivity index (χ1) is 13.0. The summed E-state index contributed by atoms with van der Waals surface area (Å²) in [5.41, 5.74) is 0.883. The fourth-order valence-electron chi connectivity index (χ4n) is 4.52. The first kappa shape index (κ1) is 19.8. The number of aliphatic hydroxyl groups excluding tert-OH is 1. The van der Waals surface area contributed by atoms with Crippen LogP contribution < -0.4 is 9.47 Å². The maximum absolute atomic E-state index is 12.1. The van der Waals surface area contributed by atoms with E-state index in [1.165, 1.54) is 20.0 Å². The van der Waals surface area contributed by atoms with Crippen molar-refractivity contribution in [3.8, 4) is 11.5 Å². The normalized spacial score (nSPS) is 25.6. The average Bonchev–Trinajstić information content (AvgIpc) is 3.29. The van der Waals surface area contributed by atoms with Crippen LogP contribution in [0.5, 0.6) is 11.5 Å². The molecule has 1 amide bonds. The minimum absolute atomic E-state index is 0.0869. The minimum atomic E-state index is -0.322. The van der Waals surface area contributed by atoms with Gasteiger partial charge >= 0.3 is 6.09 Å². The molecule has 1 N–H and O–H groups in total. The van der Waals surface area contributed by atoms with Crippen LogP contribution in [-0.4, -0.2) is 56.1 Å². The average molecular weight is 377 g/mol. The van der Waals surface area contributed by atoms with Crippen molar-refractivity contribution in [1.29, 1.82) is 0 Å². The SMILES string of the molecule is COC(=O)N1CC(c2ccc(OC)c(OC3CCCC3)c2)C(C)(CCO)C1. The fourth-order valence-corrected chi connectivity index (χ4v) is 4.52. The highest BCUT2D eigenvalue weighted by molar-refractivity contribution is 5.68. The van der Waals surface area contributed by atoms with E-state index < -0.39 is 0 Å². The lowest BCUT2D eigenvalue weighted by molar-refractivity contribution is 0.124. The summed E-state index contributed by atoms with van der Waals surface area (Å²) >= 11 is 0. The Labute approximate surface area is 161 Å². The van der Waals surface area contributed by atoms with Crippen molar-refractivity contribution in [3.63, 3.8) is 0 Å². The van der Waals surface area contributed by atoms with Gasteiger partial charge in [0, 0.05) is 25.6 Å². The number of rotatable bonds is 6. The summed E-state index contributed by atoms with van der Waals surface area (Å²) in [6.07, 6.45) is 5.11. The van der Waals surface area contributed by atoms with Crippen molar-refractivity contribution in [3.05, 3.63) is 23.8 Å². The van der Waals surface area contributed by atoms with Crippen LogP contribution in [0.15, 0.2) is 18.2 Å². The van der Waals surface area contributed by atoms with Gasteiger partial charge in [0.15, 0.2) is 11.5 Å². The number of hydrogen-bond donors (Lipinski definition) is 1. The molecule has 1 aliphatic carbocycles. The van der Waals surface area contributed by atoms with E-state index in [1.54, 1.807) is 12.0 Å². The van der Waals surface area contributed by atoms with Gasteiger partial charge < -0.3 is 24.2 Å². The second kappa shape index (κ2) is 8.38. The molecule has 1 aliphatic heterocycles. The van der Waals surface area contributed by atoms with Crippen LogP contribution in [0.1, 0.15) is 50.5 Å². The summed E-state index contributed by atoms with van der Waals surface area (Å²) in [6.45, 7) is 3.34. The third-order valence-corrected chi connectivity index (χ3v) is 6.10. The molecule has 150 valence electrons. The first-order valence-electron chi connectivity index (χ1n) is 9.79. The van der Waals surface area contributed by atoms with Crippen molar-refractivity contribution in [2.45, 2.75) is 51.0 Å². The highest BCUT2D eigenvalue weighted by Gasteiger charge is 2.45. The van der Waals surface area contributed by atoms with Gasteiger partial charge in [-0.15, -0.1) is 0 Å². The smallest absolute Gasteiger partial charge is 0.409 e. The van der Waals surface area contributed by atoms with E-state index in [2.05, 4.69) is 13.0 Å². The Morgan fingerprint density at radius 3 is 2.63 bits per heavy atom. The predicted octanol–water partition coefficient (Wildman–Crippen LogP) is 3.57. The number of aliphatic hydroxyl groups is 1. The number of likely N-dealkylation sites (tertiary alicyclic amines) is 1. The van der Waals surface area contributed by atoms with E-state index in [0.29, 0.717) is 19.5 Å². The Hall–Kier alpha value is -1.95. The first-order valence-corrected chi connectivity index (χ1v) is 9.79. The van der Waals surface area contributed by atoms with E-state index >= 15 is 0 Å². The zero-order valence-corrected chi connectivity index (χ0v) is 16.6. The van der Waals surface area contributed by atoms with E-state index in [4.69, 9.17) is 14.2 Å². The molecule has 3 rings (SSSR count). The van der Waals surface area contributed by atoms with Crippen LogP contribution in [0.4, 0.5) is 4.79 Å². The molecular formula is C21H31NO5. The maximum atomic E-state index is 12.1. The van der Waals surface area contributed by atoms with Crippen molar-refractivity contribution in [2.24, 2.45) is 5.41 Å². The third-order valence-electron chi connectivity index (χ3n) is 6.10. The molecule has 0 bridgehead atoms. The molecule has 6 heteroatoms. The lowest BCUT2D eigenvalue weighted by Gasteiger charge is -2.30. The lowest BCUT2D eigenvalue weighted by Crippen LogP contribution is -2.31. The van der Waals surface area contributed by atoms with Crippen LogP contribution in [-0.2, 0) is 4.74 Å². The van der Waals surface area contributed by atoms with E-state index in [0.717, 1.165) is 29.9 Å². The summed E-state index contributed by atoms with van der Waals surface area (Å²) in [5.74, 6) is 1.60. The molecule has 1 aromatic carbocycles. The van der Waals surface area contributed by atoms with Crippen molar-refractivity contribution in [2.75, 3.05) is 33.9 Å². The van der Waals surface area contributed by atoms with Gasteiger partial charge in [-0.2, -0.15) is 0 Å². The number of hydrogen-bond acceptors (Lipinski definition) is 5. The monoisotopic (exact) mass is 377 g/mol. The predicted molar refractivity (Wildman–Crippen MR) is 102 cm³/mol. The zero-order valence-electron chi connectivity index (χ0n) is 16.6.